The number of nitrogens with zero attached hydrogens (tertiary/aromatic N) is 3. The van der Waals surface area contributed by atoms with Crippen LogP contribution < -0.4 is 16.2 Å². The van der Waals surface area contributed by atoms with Crippen LogP contribution in [0.4, 0.5) is 17.3 Å². The van der Waals surface area contributed by atoms with Crippen molar-refractivity contribution in [2.45, 2.75) is 37.8 Å². The lowest BCUT2D eigenvalue weighted by Gasteiger charge is -2.44. The van der Waals surface area contributed by atoms with E-state index in [2.05, 4.69) is 10.4 Å². The Kier molecular flexibility index (Phi) is 3.89. The van der Waals surface area contributed by atoms with Crippen LogP contribution in [0.5, 0.6) is 0 Å². The highest BCUT2D eigenvalue weighted by atomic mass is 16.6. The molecule has 1 aromatic rings. The van der Waals surface area contributed by atoms with Gasteiger partial charge in [0.25, 0.3) is 0 Å². The van der Waals surface area contributed by atoms with Crippen LogP contribution >= 0.6 is 0 Å². The summed E-state index contributed by atoms with van der Waals surface area (Å²) in [6.45, 7) is 1.18. The number of pyridine rings is 1. The summed E-state index contributed by atoms with van der Waals surface area (Å²) in [4.78, 5) is 17.2. The first-order valence-corrected chi connectivity index (χ1v) is 7.21. The molecule has 114 valence electrons. The second-order valence-corrected chi connectivity index (χ2v) is 5.40. The molecule has 2 heterocycles. The lowest BCUT2D eigenvalue weighted by molar-refractivity contribution is -0.384. The summed E-state index contributed by atoms with van der Waals surface area (Å²) in [7, 11) is 0. The minimum atomic E-state index is -0.393. The fourth-order valence-electron chi connectivity index (χ4n) is 3.23. The average molecular weight is 293 g/mol. The standard InChI is InChI=1S/C13H19N5O3/c14-16-12-6-5-10(18(19)20)13(15-12)17-7-8-21-11-4-2-1-3-9(11)17/h5-6,9,11H,1-4,7-8,14H2,(H,15,16). The van der Waals surface area contributed by atoms with Gasteiger partial charge in [-0.3, -0.25) is 10.1 Å². The van der Waals surface area contributed by atoms with Gasteiger partial charge in [0.05, 0.1) is 23.7 Å². The molecule has 2 fully saturated rings. The number of anilines is 2. The summed E-state index contributed by atoms with van der Waals surface area (Å²) in [5, 5.41) is 11.3. The first kappa shape index (κ1) is 14.0. The number of ether oxygens (including phenoxy) is 1. The summed E-state index contributed by atoms with van der Waals surface area (Å²) in [5.74, 6) is 6.19. The smallest absolute Gasteiger partial charge is 0.311 e. The van der Waals surface area contributed by atoms with Crippen LogP contribution in [0.25, 0.3) is 0 Å². The number of hydrazine groups is 1. The average Bonchev–Trinajstić information content (AvgIpc) is 2.53. The predicted molar refractivity (Wildman–Crippen MR) is 78.0 cm³/mol. The zero-order valence-electron chi connectivity index (χ0n) is 11.7. The van der Waals surface area contributed by atoms with Gasteiger partial charge in [0.15, 0.2) is 0 Å². The molecular formula is C13H19N5O3. The molecule has 2 unspecified atom stereocenters. The molecule has 21 heavy (non-hydrogen) atoms. The van der Waals surface area contributed by atoms with E-state index in [0.29, 0.717) is 24.8 Å². The lowest BCUT2D eigenvalue weighted by Crippen LogP contribution is -2.53. The Hall–Kier alpha value is -1.93. The van der Waals surface area contributed by atoms with Crippen LogP contribution in [-0.4, -0.2) is 35.2 Å². The highest BCUT2D eigenvalue weighted by molar-refractivity contribution is 5.62. The summed E-state index contributed by atoms with van der Waals surface area (Å²) in [6.07, 6.45) is 4.38. The van der Waals surface area contributed by atoms with Crippen molar-refractivity contribution in [3.05, 3.63) is 22.2 Å². The fourth-order valence-corrected chi connectivity index (χ4v) is 3.23. The molecule has 1 saturated heterocycles. The molecule has 8 heteroatoms. The molecule has 1 aromatic heterocycles. The molecule has 0 radical (unpaired) electrons. The van der Waals surface area contributed by atoms with E-state index in [4.69, 9.17) is 10.6 Å². The lowest BCUT2D eigenvalue weighted by atomic mass is 9.90. The van der Waals surface area contributed by atoms with E-state index in [-0.39, 0.29) is 17.8 Å². The zero-order chi connectivity index (χ0) is 14.8. The molecule has 8 nitrogen and oxygen atoms in total. The van der Waals surface area contributed by atoms with Crippen LogP contribution in [0.3, 0.4) is 0 Å². The number of nitrogens with two attached hydrogens (primary N) is 1. The number of hydrogen-bond donors (Lipinski definition) is 2. The maximum atomic E-state index is 11.3. The normalized spacial score (nSPS) is 25.3. The summed E-state index contributed by atoms with van der Waals surface area (Å²) < 4.78 is 5.81. The van der Waals surface area contributed by atoms with E-state index < -0.39 is 4.92 Å². The summed E-state index contributed by atoms with van der Waals surface area (Å²) in [6, 6.07) is 3.12. The highest BCUT2D eigenvalue weighted by Crippen LogP contribution is 2.35. The van der Waals surface area contributed by atoms with Gasteiger partial charge in [0.1, 0.15) is 5.82 Å². The molecule has 1 aliphatic carbocycles. The third kappa shape index (κ3) is 2.64. The first-order chi connectivity index (χ1) is 10.2. The van der Waals surface area contributed by atoms with Crippen molar-refractivity contribution in [3.8, 4) is 0 Å². The molecule has 0 spiro atoms. The van der Waals surface area contributed by atoms with Crippen LogP contribution in [0.2, 0.25) is 0 Å². The molecule has 1 aliphatic heterocycles. The second kappa shape index (κ2) is 5.82. The highest BCUT2D eigenvalue weighted by Gasteiger charge is 2.37. The van der Waals surface area contributed by atoms with Gasteiger partial charge < -0.3 is 15.1 Å². The Morgan fingerprint density at radius 2 is 2.24 bits per heavy atom. The number of aromatic nitrogens is 1. The molecular weight excluding hydrogens is 274 g/mol. The van der Waals surface area contributed by atoms with Crippen LogP contribution in [-0.2, 0) is 4.74 Å². The van der Waals surface area contributed by atoms with Crippen molar-refractivity contribution in [3.63, 3.8) is 0 Å². The molecule has 1 saturated carbocycles. The maximum Gasteiger partial charge on any atom is 0.311 e. The maximum absolute atomic E-state index is 11.3. The Morgan fingerprint density at radius 3 is 3.00 bits per heavy atom. The number of nitrogens with one attached hydrogen (secondary N) is 1. The largest absolute Gasteiger partial charge is 0.374 e. The van der Waals surface area contributed by atoms with E-state index >= 15 is 0 Å². The Balaban J connectivity index is 1.98. The topological polar surface area (TPSA) is 107 Å². The zero-order valence-corrected chi connectivity index (χ0v) is 11.7. The van der Waals surface area contributed by atoms with E-state index in [9.17, 15) is 10.1 Å². The van der Waals surface area contributed by atoms with E-state index in [1.165, 1.54) is 12.1 Å². The van der Waals surface area contributed by atoms with Crippen molar-refractivity contribution >= 4 is 17.3 Å². The molecule has 0 amide bonds. The molecule has 0 aromatic carbocycles. The summed E-state index contributed by atoms with van der Waals surface area (Å²) in [5.41, 5.74) is 2.47. The second-order valence-electron chi connectivity index (χ2n) is 5.40. The van der Waals surface area contributed by atoms with Crippen molar-refractivity contribution in [1.82, 2.24) is 4.98 Å². The number of hydrogen-bond acceptors (Lipinski definition) is 7. The van der Waals surface area contributed by atoms with Gasteiger partial charge in [-0.05, 0) is 18.9 Å². The quantitative estimate of drug-likeness (QED) is 0.493. The number of nitrogen functional groups attached to an aromatic ring is 1. The number of fused-ring (bicyclic) bond motifs is 1. The number of rotatable bonds is 3. The molecule has 2 atom stereocenters. The number of nitro groups is 1. The molecule has 0 bridgehead atoms. The van der Waals surface area contributed by atoms with Gasteiger partial charge >= 0.3 is 5.69 Å². The summed E-state index contributed by atoms with van der Waals surface area (Å²) >= 11 is 0. The van der Waals surface area contributed by atoms with Gasteiger partial charge in [-0.25, -0.2) is 10.8 Å². The minimum Gasteiger partial charge on any atom is -0.374 e. The van der Waals surface area contributed by atoms with Gasteiger partial charge in [0, 0.05) is 12.6 Å². The van der Waals surface area contributed by atoms with E-state index in [0.717, 1.165) is 25.7 Å². The Bertz CT molecular complexity index is 537. The van der Waals surface area contributed by atoms with Crippen molar-refractivity contribution < 1.29 is 9.66 Å². The van der Waals surface area contributed by atoms with Gasteiger partial charge in [-0.2, -0.15) is 0 Å². The Labute approximate surface area is 122 Å². The van der Waals surface area contributed by atoms with Crippen LogP contribution in [0.15, 0.2) is 12.1 Å². The van der Waals surface area contributed by atoms with Gasteiger partial charge in [0.2, 0.25) is 5.82 Å². The van der Waals surface area contributed by atoms with E-state index in [1.54, 1.807) is 0 Å². The van der Waals surface area contributed by atoms with E-state index in [1.807, 2.05) is 4.90 Å². The Morgan fingerprint density at radius 1 is 1.43 bits per heavy atom. The van der Waals surface area contributed by atoms with Crippen molar-refractivity contribution in [2.24, 2.45) is 5.84 Å². The predicted octanol–water partition coefficient (Wildman–Crippen LogP) is 1.42. The SMILES string of the molecule is NNc1ccc([N+](=O)[O-])c(N2CCOC3CCCCC32)n1. The van der Waals surface area contributed by atoms with Crippen molar-refractivity contribution in [2.75, 3.05) is 23.5 Å². The molecule has 2 aliphatic rings. The monoisotopic (exact) mass is 293 g/mol. The van der Waals surface area contributed by atoms with Crippen LogP contribution in [0.1, 0.15) is 25.7 Å². The van der Waals surface area contributed by atoms with Crippen molar-refractivity contribution in [1.29, 1.82) is 0 Å². The van der Waals surface area contributed by atoms with Crippen LogP contribution in [0, 0.1) is 10.1 Å². The molecule has 3 N–H and O–H groups in total. The third-order valence-corrected chi connectivity index (χ3v) is 4.20. The molecule has 3 rings (SSSR count). The van der Waals surface area contributed by atoms with Gasteiger partial charge in [-0.15, -0.1) is 0 Å². The van der Waals surface area contributed by atoms with Gasteiger partial charge in [-0.1, -0.05) is 12.8 Å². The first-order valence-electron chi connectivity index (χ1n) is 7.21. The fraction of sp³-hybridized carbons (Fsp3) is 0.615. The minimum absolute atomic E-state index is 0.0141. The number of morpholine rings is 1. The third-order valence-electron chi connectivity index (χ3n) is 4.20.